The number of carbonyl (C=O) groups excluding carboxylic acids is 3. The lowest BCUT2D eigenvalue weighted by Gasteiger charge is -2.50. The topological polar surface area (TPSA) is 165 Å². The minimum Gasteiger partial charge on any atom is -0.508 e. The molecular weight excluding hydrogens is 552 g/mol. The number of Topliss-reactive ketones (excluding diaryl/α,β-unsaturated/α-hetero) is 2. The number of alkyl halides is 2. The minimum atomic E-state index is -2.70. The number of carbonyl (C=O) groups is 3. The molecule has 10 nitrogen and oxygen atoms in total. The number of rotatable bonds is 7. The number of ketones is 2. The number of primary amides is 1. The summed E-state index contributed by atoms with van der Waals surface area (Å²) in [5.74, 6) is -9.60. The first-order chi connectivity index (χ1) is 19.5. The van der Waals surface area contributed by atoms with E-state index in [-0.39, 0.29) is 48.5 Å². The molecule has 0 aliphatic heterocycles. The summed E-state index contributed by atoms with van der Waals surface area (Å²) in [6.45, 7) is 0. The molecular formula is C30H37F2N3O7. The number of aromatic hydroxyl groups is 1. The fourth-order valence-corrected chi connectivity index (χ4v) is 7.51. The lowest BCUT2D eigenvalue weighted by atomic mass is 9.57. The van der Waals surface area contributed by atoms with E-state index in [2.05, 4.69) is 0 Å². The molecule has 0 unspecified atom stereocenters. The predicted molar refractivity (Wildman–Crippen MR) is 149 cm³/mol. The highest BCUT2D eigenvalue weighted by Gasteiger charge is 2.64. The van der Waals surface area contributed by atoms with Crippen molar-refractivity contribution < 1.29 is 43.6 Å². The Hall–Kier alpha value is -3.51. The Morgan fingerprint density at radius 2 is 1.76 bits per heavy atom. The number of benzene rings is 1. The van der Waals surface area contributed by atoms with Crippen LogP contribution >= 0.6 is 0 Å². The van der Waals surface area contributed by atoms with E-state index >= 15 is 0 Å². The Bertz CT molecular complexity index is 1440. The fourth-order valence-electron chi connectivity index (χ4n) is 7.51. The maximum Gasteiger partial charge on any atom is 0.255 e. The van der Waals surface area contributed by atoms with Gasteiger partial charge in [-0.2, -0.15) is 0 Å². The van der Waals surface area contributed by atoms with Crippen molar-refractivity contribution in [2.45, 2.75) is 62.5 Å². The van der Waals surface area contributed by atoms with Crippen molar-refractivity contribution in [1.82, 2.24) is 4.90 Å². The smallest absolute Gasteiger partial charge is 0.255 e. The number of nitrogens with zero attached hydrogens (tertiary/aromatic N) is 2. The monoisotopic (exact) mass is 589 g/mol. The van der Waals surface area contributed by atoms with E-state index in [1.807, 2.05) is 4.90 Å². The number of fused-ring (bicyclic) bond motifs is 3. The van der Waals surface area contributed by atoms with Gasteiger partial charge in [0.05, 0.1) is 11.6 Å². The Balaban J connectivity index is 1.59. The third-order valence-electron chi connectivity index (χ3n) is 9.49. The summed E-state index contributed by atoms with van der Waals surface area (Å²) in [4.78, 5) is 42.7. The second-order valence-corrected chi connectivity index (χ2v) is 12.6. The molecule has 2 fully saturated rings. The van der Waals surface area contributed by atoms with Crippen LogP contribution in [0.2, 0.25) is 0 Å². The second kappa shape index (κ2) is 10.0. The number of aryl methyl sites for hydroxylation is 1. The van der Waals surface area contributed by atoms with Crippen LogP contribution in [0.25, 0.3) is 5.76 Å². The molecule has 0 bridgehead atoms. The van der Waals surface area contributed by atoms with Gasteiger partial charge in [0.25, 0.3) is 5.91 Å². The molecule has 1 amide bonds. The van der Waals surface area contributed by atoms with Crippen LogP contribution in [0.1, 0.15) is 48.8 Å². The molecule has 1 aromatic rings. The number of hydrogen-bond acceptors (Lipinski definition) is 9. The standard InChI is InChI=1S/C30H37F2N3O7/c1-34(2)18-10-14(7-5-6-13-11-29(31,32)12-13)23(36)20-16(18)8-15-9-17-22(35(3)4)25(38)21(28(33)41)27(40)30(17,42)26(39)19(15)24(20)37/h10,13,15,17,22,36-37,40,42H,5-9,11-12H2,1-4H3,(H2,33,41)/t15-,17-,22-,30-/m0/s1. The number of likely N-dealkylation sites (N-methyl/N-ethyl adjacent to an activating group) is 1. The first-order valence-corrected chi connectivity index (χ1v) is 14.1. The minimum absolute atomic E-state index is 0.00711. The molecule has 4 atom stereocenters. The van der Waals surface area contributed by atoms with Crippen molar-refractivity contribution in [3.63, 3.8) is 0 Å². The van der Waals surface area contributed by atoms with Crippen LogP contribution in [-0.2, 0) is 27.2 Å². The van der Waals surface area contributed by atoms with Crippen molar-refractivity contribution in [1.29, 1.82) is 0 Å². The second-order valence-electron chi connectivity index (χ2n) is 12.6. The van der Waals surface area contributed by atoms with Gasteiger partial charge in [0.2, 0.25) is 11.7 Å². The van der Waals surface area contributed by atoms with Crippen LogP contribution in [-0.4, -0.2) is 88.6 Å². The molecule has 5 rings (SSSR count). The summed E-state index contributed by atoms with van der Waals surface area (Å²) < 4.78 is 26.5. The van der Waals surface area contributed by atoms with E-state index in [1.165, 1.54) is 4.90 Å². The SMILES string of the molecule is CN(C)c1cc(CCCC2CC(F)(F)C2)c(O)c2c1C[C@H]1C[C@H]3[C@H](N(C)C)C(=O)C(C(N)=O)=C(O)[C@@]3(O)C(=O)C1=C2O. The number of amides is 1. The molecule has 0 radical (unpaired) electrons. The molecule has 0 aromatic heterocycles. The van der Waals surface area contributed by atoms with Gasteiger partial charge in [-0.3, -0.25) is 19.3 Å². The number of aliphatic hydroxyl groups is 3. The number of phenolic OH excluding ortho intramolecular Hbond substituents is 1. The number of anilines is 1. The third kappa shape index (κ3) is 4.38. The molecule has 1 aromatic carbocycles. The van der Waals surface area contributed by atoms with Gasteiger partial charge in [-0.15, -0.1) is 0 Å². The van der Waals surface area contributed by atoms with Crippen molar-refractivity contribution in [3.8, 4) is 5.75 Å². The molecule has 0 spiro atoms. The van der Waals surface area contributed by atoms with E-state index in [0.29, 0.717) is 36.1 Å². The Morgan fingerprint density at radius 1 is 1.12 bits per heavy atom. The van der Waals surface area contributed by atoms with Crippen LogP contribution in [0.4, 0.5) is 14.5 Å². The first kappa shape index (κ1) is 30.0. The number of nitrogens with two attached hydrogens (primary N) is 1. The largest absolute Gasteiger partial charge is 0.508 e. The molecule has 0 heterocycles. The number of aliphatic hydroxyl groups excluding tert-OH is 2. The first-order valence-electron chi connectivity index (χ1n) is 14.1. The van der Waals surface area contributed by atoms with E-state index in [9.17, 15) is 43.6 Å². The van der Waals surface area contributed by atoms with Crippen molar-refractivity contribution >= 4 is 28.9 Å². The van der Waals surface area contributed by atoms with Crippen molar-refractivity contribution in [2.24, 2.45) is 23.5 Å². The molecule has 4 aliphatic carbocycles. The number of halogens is 2. The predicted octanol–water partition coefficient (Wildman–Crippen LogP) is 2.40. The Morgan fingerprint density at radius 3 is 2.31 bits per heavy atom. The van der Waals surface area contributed by atoms with Gasteiger partial charge in [-0.25, -0.2) is 8.78 Å². The highest BCUT2D eigenvalue weighted by molar-refractivity contribution is 6.24. The summed E-state index contributed by atoms with van der Waals surface area (Å²) in [6, 6.07) is 0.644. The summed E-state index contributed by atoms with van der Waals surface area (Å²) in [5, 5.41) is 45.7. The van der Waals surface area contributed by atoms with Gasteiger partial charge < -0.3 is 31.1 Å². The molecule has 0 saturated heterocycles. The van der Waals surface area contributed by atoms with Crippen LogP contribution in [0.3, 0.4) is 0 Å². The number of hydrogen-bond donors (Lipinski definition) is 5. The Kier molecular flexibility index (Phi) is 7.17. The highest BCUT2D eigenvalue weighted by atomic mass is 19.3. The normalized spacial score (nSPS) is 28.8. The lowest BCUT2D eigenvalue weighted by Crippen LogP contribution is -2.65. The van der Waals surface area contributed by atoms with Gasteiger partial charge in [-0.1, -0.05) is 0 Å². The maximum absolute atomic E-state index is 14.0. The average molecular weight is 590 g/mol. The van der Waals surface area contributed by atoms with Crippen LogP contribution in [0.15, 0.2) is 23.0 Å². The molecule has 42 heavy (non-hydrogen) atoms. The van der Waals surface area contributed by atoms with Gasteiger partial charge in [0.15, 0.2) is 11.4 Å². The van der Waals surface area contributed by atoms with Gasteiger partial charge in [0, 0.05) is 44.1 Å². The zero-order chi connectivity index (χ0) is 31.0. The van der Waals surface area contributed by atoms with E-state index in [0.717, 1.165) is 0 Å². The van der Waals surface area contributed by atoms with E-state index in [1.54, 1.807) is 34.3 Å². The van der Waals surface area contributed by atoms with Crippen LogP contribution in [0.5, 0.6) is 5.75 Å². The molecule has 4 aliphatic rings. The van der Waals surface area contributed by atoms with Crippen molar-refractivity contribution in [2.75, 3.05) is 33.1 Å². The average Bonchev–Trinajstić information content (AvgIpc) is 2.85. The fraction of sp³-hybridized carbons (Fsp3) is 0.567. The summed E-state index contributed by atoms with van der Waals surface area (Å²) in [5.41, 5.74) is 3.37. The van der Waals surface area contributed by atoms with E-state index < -0.39 is 64.0 Å². The highest BCUT2D eigenvalue weighted by Crippen LogP contribution is 2.54. The summed E-state index contributed by atoms with van der Waals surface area (Å²) in [6.07, 6.45) is 1.35. The number of phenols is 1. The molecule has 6 N–H and O–H groups in total. The Labute approximate surface area is 242 Å². The molecule has 2 saturated carbocycles. The van der Waals surface area contributed by atoms with Crippen molar-refractivity contribution in [3.05, 3.63) is 39.7 Å². The van der Waals surface area contributed by atoms with Gasteiger partial charge in [0.1, 0.15) is 22.8 Å². The quantitative estimate of drug-likeness (QED) is 0.300. The van der Waals surface area contributed by atoms with Gasteiger partial charge >= 0.3 is 0 Å². The summed E-state index contributed by atoms with van der Waals surface area (Å²) in [7, 11) is 6.69. The van der Waals surface area contributed by atoms with E-state index in [4.69, 9.17) is 5.73 Å². The zero-order valence-electron chi connectivity index (χ0n) is 24.1. The summed E-state index contributed by atoms with van der Waals surface area (Å²) >= 11 is 0. The third-order valence-corrected chi connectivity index (χ3v) is 9.49. The lowest BCUT2D eigenvalue weighted by molar-refractivity contribution is -0.153. The molecule has 228 valence electrons. The van der Waals surface area contributed by atoms with Crippen LogP contribution < -0.4 is 10.6 Å². The maximum atomic E-state index is 14.0. The van der Waals surface area contributed by atoms with Crippen LogP contribution in [0, 0.1) is 17.8 Å². The zero-order valence-corrected chi connectivity index (χ0v) is 24.1. The van der Waals surface area contributed by atoms with Gasteiger partial charge in [-0.05, 0) is 75.2 Å². The molecule has 12 heteroatoms.